The van der Waals surface area contributed by atoms with Crippen LogP contribution in [0.2, 0.25) is 0 Å². The van der Waals surface area contributed by atoms with Crippen LogP contribution in [0.4, 0.5) is 0 Å². The molecule has 0 aromatic carbocycles. The van der Waals surface area contributed by atoms with E-state index in [0.717, 1.165) is 19.3 Å². The van der Waals surface area contributed by atoms with Crippen LogP contribution in [-0.2, 0) is 0 Å². The number of nitrogens with one attached hydrogen (secondary N) is 1. The van der Waals surface area contributed by atoms with Crippen molar-refractivity contribution < 1.29 is 9.90 Å². The van der Waals surface area contributed by atoms with Crippen LogP contribution in [0.1, 0.15) is 36.0 Å². The molecule has 1 fully saturated rings. The van der Waals surface area contributed by atoms with Gasteiger partial charge in [0, 0.05) is 12.2 Å². The second-order valence-electron chi connectivity index (χ2n) is 4.36. The minimum atomic E-state index is -0.280. The zero-order chi connectivity index (χ0) is 12.3. The molecule has 1 aliphatic rings. The largest absolute Gasteiger partial charge is 0.393 e. The summed E-state index contributed by atoms with van der Waals surface area (Å²) in [4.78, 5) is 15.9. The predicted molar refractivity (Wildman–Crippen MR) is 67.7 cm³/mol. The van der Waals surface area contributed by atoms with Crippen LogP contribution in [0.3, 0.4) is 0 Å². The third-order valence-corrected chi connectivity index (χ3v) is 3.44. The molecule has 2 rings (SSSR count). The zero-order valence-electron chi connectivity index (χ0n) is 9.40. The average molecular weight is 299 g/mol. The molecule has 4 nitrogen and oxygen atoms in total. The van der Waals surface area contributed by atoms with Crippen molar-refractivity contribution in [3.05, 3.63) is 28.5 Å². The Labute approximate surface area is 109 Å². The number of hydrogen-bond acceptors (Lipinski definition) is 3. The maximum absolute atomic E-state index is 11.9. The quantitative estimate of drug-likeness (QED) is 0.820. The summed E-state index contributed by atoms with van der Waals surface area (Å²) in [5.74, 6) is -0.121. The number of nitrogens with zero attached hydrogens (tertiary/aromatic N) is 1. The number of rotatable bonds is 2. The molecule has 17 heavy (non-hydrogen) atoms. The van der Waals surface area contributed by atoms with E-state index in [0.29, 0.717) is 16.6 Å². The Hall–Kier alpha value is -0.940. The van der Waals surface area contributed by atoms with Gasteiger partial charge >= 0.3 is 0 Å². The number of hydrogen-bond donors (Lipinski definition) is 2. The molecule has 1 aliphatic carbocycles. The Morgan fingerprint density at radius 1 is 1.47 bits per heavy atom. The molecule has 2 N–H and O–H groups in total. The fourth-order valence-corrected chi connectivity index (χ4v) is 2.31. The molecule has 2 unspecified atom stereocenters. The highest BCUT2D eigenvalue weighted by molar-refractivity contribution is 9.10. The van der Waals surface area contributed by atoms with Crippen molar-refractivity contribution in [1.29, 1.82) is 0 Å². The normalized spacial score (nSPS) is 24.4. The molecule has 0 saturated heterocycles. The maximum Gasteiger partial charge on any atom is 0.253 e. The van der Waals surface area contributed by atoms with Gasteiger partial charge in [0.05, 0.1) is 11.7 Å². The van der Waals surface area contributed by atoms with E-state index in [1.807, 2.05) is 0 Å². The molecule has 1 heterocycles. The first-order valence-electron chi connectivity index (χ1n) is 5.75. The van der Waals surface area contributed by atoms with Crippen LogP contribution in [-0.4, -0.2) is 28.1 Å². The summed E-state index contributed by atoms with van der Waals surface area (Å²) in [6, 6.07) is 3.55. The first kappa shape index (κ1) is 12.5. The van der Waals surface area contributed by atoms with Crippen LogP contribution >= 0.6 is 15.9 Å². The van der Waals surface area contributed by atoms with Crippen LogP contribution in [0, 0.1) is 0 Å². The second kappa shape index (κ2) is 5.60. The van der Waals surface area contributed by atoms with E-state index in [1.165, 1.54) is 0 Å². The van der Waals surface area contributed by atoms with Gasteiger partial charge in [0.15, 0.2) is 0 Å². The second-order valence-corrected chi connectivity index (χ2v) is 5.17. The van der Waals surface area contributed by atoms with Crippen LogP contribution in [0.25, 0.3) is 0 Å². The van der Waals surface area contributed by atoms with Gasteiger partial charge in [0.1, 0.15) is 4.60 Å². The summed E-state index contributed by atoms with van der Waals surface area (Å²) < 4.78 is 0.710. The lowest BCUT2D eigenvalue weighted by atomic mass is 9.93. The van der Waals surface area contributed by atoms with Gasteiger partial charge in [-0.15, -0.1) is 0 Å². The molecule has 92 valence electrons. The Kier molecular flexibility index (Phi) is 4.12. The van der Waals surface area contributed by atoms with Gasteiger partial charge in [0.25, 0.3) is 5.91 Å². The van der Waals surface area contributed by atoms with Crippen LogP contribution < -0.4 is 5.32 Å². The lowest BCUT2D eigenvalue weighted by molar-refractivity contribution is 0.0849. The van der Waals surface area contributed by atoms with Crippen molar-refractivity contribution in [2.45, 2.75) is 37.8 Å². The third kappa shape index (κ3) is 3.51. The molecule has 0 radical (unpaired) electrons. The Morgan fingerprint density at radius 3 is 2.94 bits per heavy atom. The lowest BCUT2D eigenvalue weighted by Crippen LogP contribution is -2.39. The van der Waals surface area contributed by atoms with Crippen LogP contribution in [0.5, 0.6) is 0 Å². The molecular weight excluding hydrogens is 284 g/mol. The fraction of sp³-hybridized carbons (Fsp3) is 0.500. The van der Waals surface area contributed by atoms with E-state index in [1.54, 1.807) is 18.3 Å². The molecule has 1 aromatic heterocycles. The number of amides is 1. The highest BCUT2D eigenvalue weighted by Crippen LogP contribution is 2.18. The molecular formula is C12H15BrN2O2. The fourth-order valence-electron chi connectivity index (χ4n) is 2.07. The molecule has 2 atom stereocenters. The van der Waals surface area contributed by atoms with E-state index < -0.39 is 0 Å². The van der Waals surface area contributed by atoms with Crippen molar-refractivity contribution in [3.8, 4) is 0 Å². The number of aliphatic hydroxyl groups is 1. The number of halogens is 1. The van der Waals surface area contributed by atoms with Gasteiger partial charge in [0.2, 0.25) is 0 Å². The van der Waals surface area contributed by atoms with Crippen molar-refractivity contribution >= 4 is 21.8 Å². The standard InChI is InChI=1S/C12H15BrN2O2/c13-11-5-4-8(7-14-11)12(17)15-9-2-1-3-10(16)6-9/h4-5,7,9-10,16H,1-3,6H2,(H,15,17). The topological polar surface area (TPSA) is 62.2 Å². The van der Waals surface area contributed by atoms with Crippen molar-refractivity contribution in [3.63, 3.8) is 0 Å². The first-order chi connectivity index (χ1) is 8.15. The molecule has 1 aromatic rings. The molecule has 0 spiro atoms. The minimum Gasteiger partial charge on any atom is -0.393 e. The summed E-state index contributed by atoms with van der Waals surface area (Å²) in [5, 5.41) is 12.5. The summed E-state index contributed by atoms with van der Waals surface area (Å²) in [5.41, 5.74) is 0.549. The van der Waals surface area contributed by atoms with Gasteiger partial charge < -0.3 is 10.4 Å². The lowest BCUT2D eigenvalue weighted by Gasteiger charge is -2.26. The van der Waals surface area contributed by atoms with Crippen molar-refractivity contribution in [1.82, 2.24) is 10.3 Å². The smallest absolute Gasteiger partial charge is 0.253 e. The molecule has 1 amide bonds. The number of carbonyl (C=O) groups excluding carboxylic acids is 1. The highest BCUT2D eigenvalue weighted by atomic mass is 79.9. The molecule has 5 heteroatoms. The number of pyridine rings is 1. The summed E-state index contributed by atoms with van der Waals surface area (Å²) in [6.45, 7) is 0. The number of aliphatic hydroxyl groups excluding tert-OH is 1. The predicted octanol–water partition coefficient (Wildman–Crippen LogP) is 1.88. The Morgan fingerprint density at radius 2 is 2.29 bits per heavy atom. The highest BCUT2D eigenvalue weighted by Gasteiger charge is 2.21. The van der Waals surface area contributed by atoms with Crippen molar-refractivity contribution in [2.75, 3.05) is 0 Å². The van der Waals surface area contributed by atoms with Gasteiger partial charge in [-0.1, -0.05) is 0 Å². The van der Waals surface area contributed by atoms with Gasteiger partial charge in [-0.2, -0.15) is 0 Å². The van der Waals surface area contributed by atoms with Gasteiger partial charge in [-0.25, -0.2) is 4.98 Å². The van der Waals surface area contributed by atoms with E-state index in [9.17, 15) is 9.90 Å². The Balaban J connectivity index is 1.94. The molecule has 1 saturated carbocycles. The SMILES string of the molecule is O=C(NC1CCCC(O)C1)c1ccc(Br)nc1. The summed E-state index contributed by atoms with van der Waals surface area (Å²) in [7, 11) is 0. The van der Waals surface area contributed by atoms with Gasteiger partial charge in [-0.05, 0) is 53.7 Å². The van der Waals surface area contributed by atoms with E-state index >= 15 is 0 Å². The first-order valence-corrected chi connectivity index (χ1v) is 6.55. The van der Waals surface area contributed by atoms with Crippen molar-refractivity contribution in [2.24, 2.45) is 0 Å². The van der Waals surface area contributed by atoms with Crippen LogP contribution in [0.15, 0.2) is 22.9 Å². The summed E-state index contributed by atoms with van der Waals surface area (Å²) in [6.07, 6.45) is 4.65. The number of carbonyl (C=O) groups is 1. The van der Waals surface area contributed by atoms with E-state index in [4.69, 9.17) is 0 Å². The minimum absolute atomic E-state index is 0.0786. The average Bonchev–Trinajstić information content (AvgIpc) is 2.29. The maximum atomic E-state index is 11.9. The summed E-state index contributed by atoms with van der Waals surface area (Å²) >= 11 is 3.23. The molecule has 0 bridgehead atoms. The molecule has 0 aliphatic heterocycles. The van der Waals surface area contributed by atoms with Gasteiger partial charge in [-0.3, -0.25) is 4.79 Å². The monoisotopic (exact) mass is 298 g/mol. The Bertz CT molecular complexity index is 394. The van der Waals surface area contributed by atoms with E-state index in [-0.39, 0.29) is 18.1 Å². The van der Waals surface area contributed by atoms with E-state index in [2.05, 4.69) is 26.2 Å². The zero-order valence-corrected chi connectivity index (χ0v) is 11.0. The number of aromatic nitrogens is 1. The third-order valence-electron chi connectivity index (χ3n) is 2.97.